The molecule has 0 aliphatic rings. The lowest BCUT2D eigenvalue weighted by atomic mass is 10.1. The quantitative estimate of drug-likeness (QED) is 0.192. The molecule has 2 heteroatoms. The lowest BCUT2D eigenvalue weighted by Gasteiger charge is -2.05. The maximum Gasteiger partial charge on any atom is 0.174 e. The topological polar surface area (TPSA) is 26.1 Å². The molecule has 0 aliphatic carbocycles. The Labute approximate surface area is 125 Å². The van der Waals surface area contributed by atoms with Gasteiger partial charge in [-0.3, -0.25) is 0 Å². The lowest BCUT2D eigenvalue weighted by Crippen LogP contribution is -2.13. The zero-order valence-corrected chi connectivity index (χ0v) is 14.1. The highest BCUT2D eigenvalue weighted by atomic mass is 16.5. The van der Waals surface area contributed by atoms with Crippen molar-refractivity contribution in [2.24, 2.45) is 0 Å². The van der Waals surface area contributed by atoms with Crippen LogP contribution in [0, 0.1) is 5.21 Å². The van der Waals surface area contributed by atoms with Gasteiger partial charge >= 0.3 is 0 Å². The number of allylic oxidation sites excluding steroid dienone is 6. The Bertz CT molecular complexity index is 394. The van der Waals surface area contributed by atoms with Crippen molar-refractivity contribution in [1.82, 2.24) is 0 Å². The molecular weight excluding hydrogens is 246 g/mol. The first kappa shape index (κ1) is 18.7. The third-order valence-electron chi connectivity index (χ3n) is 3.14. The Morgan fingerprint density at radius 1 is 0.950 bits per heavy atom. The van der Waals surface area contributed by atoms with E-state index in [2.05, 4.69) is 39.8 Å². The summed E-state index contributed by atoms with van der Waals surface area (Å²) in [5, 5.41) is 11.4. The summed E-state index contributed by atoms with van der Waals surface area (Å²) in [6, 6.07) is 0.0104. The molecule has 0 aromatic rings. The molecule has 0 fully saturated rings. The maximum absolute atomic E-state index is 11.4. The minimum absolute atomic E-state index is 0.0104. The third-order valence-corrected chi connectivity index (χ3v) is 3.14. The molecule has 0 unspecified atom stereocenters. The average Bonchev–Trinajstić information content (AvgIpc) is 2.35. The Kier molecular flexibility index (Phi) is 9.79. The van der Waals surface area contributed by atoms with E-state index in [9.17, 15) is 5.21 Å². The van der Waals surface area contributed by atoms with Crippen molar-refractivity contribution in [3.05, 3.63) is 40.2 Å². The van der Waals surface area contributed by atoms with Crippen LogP contribution in [0.25, 0.3) is 0 Å². The fraction of sp³-hybridized carbons (Fsp3) is 0.611. The summed E-state index contributed by atoms with van der Waals surface area (Å²) in [5.74, 6) is 0. The second kappa shape index (κ2) is 10.5. The van der Waals surface area contributed by atoms with Gasteiger partial charge in [0.05, 0.1) is 0 Å². The van der Waals surface area contributed by atoms with Gasteiger partial charge in [0, 0.05) is 6.08 Å². The summed E-state index contributed by atoms with van der Waals surface area (Å²) in [4.78, 5) is 0. The number of hydrogen-bond acceptors (Lipinski definition) is 1. The van der Waals surface area contributed by atoms with Gasteiger partial charge in [-0.1, -0.05) is 28.9 Å². The van der Waals surface area contributed by atoms with Crippen LogP contribution in [0.5, 0.6) is 0 Å². The van der Waals surface area contributed by atoms with Crippen molar-refractivity contribution < 1.29 is 4.74 Å². The van der Waals surface area contributed by atoms with Crippen LogP contribution in [0.3, 0.4) is 0 Å². The predicted molar refractivity (Wildman–Crippen MR) is 90.2 cm³/mol. The minimum Gasteiger partial charge on any atom is -0.624 e. The van der Waals surface area contributed by atoms with Crippen molar-refractivity contribution >= 4 is 6.21 Å². The van der Waals surface area contributed by atoms with Crippen LogP contribution in [0.15, 0.2) is 34.9 Å². The van der Waals surface area contributed by atoms with E-state index in [1.165, 1.54) is 16.7 Å². The standard InChI is InChI=1S/C18H31NO/c1-15(2)9-7-10-17(5)11-8-12-18(6)13-14-19(20)16(3)4/h9,11,13-14,16H,7-8,10,12H2,1-6H3/b17-11+,18-13+,19-14-. The molecule has 0 spiro atoms. The first-order chi connectivity index (χ1) is 9.32. The molecule has 0 aliphatic heterocycles. The number of nitrogens with zero attached hydrogens (tertiary/aromatic N) is 1. The molecule has 0 N–H and O–H groups in total. The first-order valence-corrected chi connectivity index (χ1v) is 7.58. The predicted octanol–water partition coefficient (Wildman–Crippen LogP) is 5.40. The molecule has 0 heterocycles. The summed E-state index contributed by atoms with van der Waals surface area (Å²) in [6.45, 7) is 12.3. The van der Waals surface area contributed by atoms with E-state index in [0.29, 0.717) is 0 Å². The van der Waals surface area contributed by atoms with Crippen LogP contribution in [-0.4, -0.2) is 17.0 Å². The monoisotopic (exact) mass is 277 g/mol. The second-order valence-corrected chi connectivity index (χ2v) is 6.03. The summed E-state index contributed by atoms with van der Waals surface area (Å²) >= 11 is 0. The molecule has 0 aromatic carbocycles. The molecule has 0 amide bonds. The van der Waals surface area contributed by atoms with Gasteiger partial charge in [-0.15, -0.1) is 0 Å². The molecule has 0 radical (unpaired) electrons. The van der Waals surface area contributed by atoms with Gasteiger partial charge in [-0.2, -0.15) is 0 Å². The molecule has 0 aromatic heterocycles. The van der Waals surface area contributed by atoms with Gasteiger partial charge in [-0.25, -0.2) is 4.74 Å². The SMILES string of the molecule is CC(C)=CCC/C(C)=C/CC/C(C)=C/C=[N+](\[O-])C(C)C. The maximum atomic E-state index is 11.4. The summed E-state index contributed by atoms with van der Waals surface area (Å²) in [6.07, 6.45) is 12.5. The van der Waals surface area contributed by atoms with Crippen LogP contribution >= 0.6 is 0 Å². The molecule has 20 heavy (non-hydrogen) atoms. The van der Waals surface area contributed by atoms with Crippen molar-refractivity contribution in [2.45, 2.75) is 73.3 Å². The molecule has 114 valence electrons. The molecule has 0 rings (SSSR count). The largest absolute Gasteiger partial charge is 0.624 e. The molecule has 0 bridgehead atoms. The third kappa shape index (κ3) is 10.6. The Morgan fingerprint density at radius 3 is 2.05 bits per heavy atom. The van der Waals surface area contributed by atoms with Crippen LogP contribution < -0.4 is 0 Å². The van der Waals surface area contributed by atoms with E-state index in [1.54, 1.807) is 6.21 Å². The van der Waals surface area contributed by atoms with Gasteiger partial charge in [-0.05, 0) is 67.2 Å². The first-order valence-electron chi connectivity index (χ1n) is 7.58. The van der Waals surface area contributed by atoms with E-state index < -0.39 is 0 Å². The molecule has 0 saturated heterocycles. The normalized spacial score (nSPS) is 13.8. The summed E-state index contributed by atoms with van der Waals surface area (Å²) in [7, 11) is 0. The number of hydroxylamine groups is 1. The van der Waals surface area contributed by atoms with E-state index >= 15 is 0 Å². The lowest BCUT2D eigenvalue weighted by molar-refractivity contribution is -0.486. The zero-order chi connectivity index (χ0) is 15.5. The minimum atomic E-state index is 0.0104. The number of rotatable bonds is 8. The van der Waals surface area contributed by atoms with Gasteiger partial charge in [0.25, 0.3) is 0 Å². The van der Waals surface area contributed by atoms with Crippen LogP contribution in [0.2, 0.25) is 0 Å². The van der Waals surface area contributed by atoms with E-state index in [1.807, 2.05) is 19.9 Å². The highest BCUT2D eigenvalue weighted by Gasteiger charge is 1.97. The van der Waals surface area contributed by atoms with Crippen LogP contribution in [0.1, 0.15) is 67.2 Å². The van der Waals surface area contributed by atoms with Gasteiger partial charge < -0.3 is 5.21 Å². The molecule has 0 atom stereocenters. The summed E-state index contributed by atoms with van der Waals surface area (Å²) < 4.78 is 0.990. The molecular formula is C18H31NO. The smallest absolute Gasteiger partial charge is 0.174 e. The number of hydrogen-bond donors (Lipinski definition) is 0. The summed E-state index contributed by atoms with van der Waals surface area (Å²) in [5.41, 5.74) is 4.09. The fourth-order valence-electron chi connectivity index (χ4n) is 1.69. The second-order valence-electron chi connectivity index (χ2n) is 6.03. The zero-order valence-electron chi connectivity index (χ0n) is 14.1. The fourth-order valence-corrected chi connectivity index (χ4v) is 1.69. The van der Waals surface area contributed by atoms with Gasteiger partial charge in [0.2, 0.25) is 0 Å². The van der Waals surface area contributed by atoms with Crippen molar-refractivity contribution in [1.29, 1.82) is 0 Å². The Balaban J connectivity index is 4.12. The Morgan fingerprint density at radius 2 is 1.50 bits per heavy atom. The van der Waals surface area contributed by atoms with Crippen molar-refractivity contribution in [2.75, 3.05) is 0 Å². The van der Waals surface area contributed by atoms with Crippen LogP contribution in [0.4, 0.5) is 0 Å². The Hall–Kier alpha value is -1.31. The highest BCUT2D eigenvalue weighted by Crippen LogP contribution is 2.11. The van der Waals surface area contributed by atoms with E-state index in [4.69, 9.17) is 0 Å². The van der Waals surface area contributed by atoms with Crippen molar-refractivity contribution in [3.8, 4) is 0 Å². The highest BCUT2D eigenvalue weighted by molar-refractivity contribution is 5.67. The molecule has 2 nitrogen and oxygen atoms in total. The van der Waals surface area contributed by atoms with Crippen molar-refractivity contribution in [3.63, 3.8) is 0 Å². The van der Waals surface area contributed by atoms with Gasteiger partial charge in [0.1, 0.15) is 0 Å². The average molecular weight is 277 g/mol. The molecule has 0 saturated carbocycles. The van der Waals surface area contributed by atoms with E-state index in [0.717, 1.165) is 30.4 Å². The van der Waals surface area contributed by atoms with E-state index in [-0.39, 0.29) is 6.04 Å². The van der Waals surface area contributed by atoms with Gasteiger partial charge in [0.15, 0.2) is 12.3 Å². The van der Waals surface area contributed by atoms with Crippen LogP contribution in [-0.2, 0) is 0 Å².